The number of benzene rings is 2. The Kier molecular flexibility index (Phi) is 6.08. The van der Waals surface area contributed by atoms with Gasteiger partial charge in [0.25, 0.3) is 10.0 Å². The van der Waals surface area contributed by atoms with Crippen LogP contribution in [-0.2, 0) is 14.8 Å². The second-order valence-corrected chi connectivity index (χ2v) is 9.05. The van der Waals surface area contributed by atoms with E-state index in [4.69, 9.17) is 9.26 Å². The molecule has 9 heteroatoms. The minimum absolute atomic E-state index is 0.0405. The summed E-state index contributed by atoms with van der Waals surface area (Å²) in [5, 5.41) is 6.47. The van der Waals surface area contributed by atoms with E-state index < -0.39 is 10.0 Å². The summed E-state index contributed by atoms with van der Waals surface area (Å²) >= 11 is 0. The first-order valence-electron chi connectivity index (χ1n) is 9.56. The molecule has 31 heavy (non-hydrogen) atoms. The van der Waals surface area contributed by atoms with Crippen molar-refractivity contribution in [1.29, 1.82) is 0 Å². The van der Waals surface area contributed by atoms with Gasteiger partial charge >= 0.3 is 0 Å². The molecule has 0 unspecified atom stereocenters. The van der Waals surface area contributed by atoms with Gasteiger partial charge in [-0.2, -0.15) is 0 Å². The molecular formula is C22H25N3O5S. The van der Waals surface area contributed by atoms with Gasteiger partial charge in [0.2, 0.25) is 11.8 Å². The highest BCUT2D eigenvalue weighted by molar-refractivity contribution is 7.92. The van der Waals surface area contributed by atoms with Gasteiger partial charge in [-0.1, -0.05) is 28.9 Å². The molecule has 1 amide bonds. The Labute approximate surface area is 181 Å². The van der Waals surface area contributed by atoms with Crippen molar-refractivity contribution < 1.29 is 22.5 Å². The number of amides is 1. The third-order valence-corrected chi connectivity index (χ3v) is 6.18. The van der Waals surface area contributed by atoms with Crippen molar-refractivity contribution in [3.8, 4) is 16.9 Å². The minimum Gasteiger partial charge on any atom is -0.495 e. The fraction of sp³-hybridized carbons (Fsp3) is 0.273. The Morgan fingerprint density at radius 1 is 1.06 bits per heavy atom. The topological polar surface area (TPSA) is 111 Å². The van der Waals surface area contributed by atoms with E-state index in [9.17, 15) is 13.2 Å². The van der Waals surface area contributed by atoms with Crippen LogP contribution in [0.2, 0.25) is 0 Å². The number of ether oxygens (including phenoxy) is 1. The second-order valence-electron chi connectivity index (χ2n) is 7.40. The van der Waals surface area contributed by atoms with Gasteiger partial charge in [-0.3, -0.25) is 14.8 Å². The fourth-order valence-electron chi connectivity index (χ4n) is 3.53. The highest BCUT2D eigenvalue weighted by Gasteiger charge is 2.24. The molecule has 1 aromatic heterocycles. The van der Waals surface area contributed by atoms with Crippen LogP contribution in [0.4, 0.5) is 11.6 Å². The number of rotatable bonds is 6. The lowest BCUT2D eigenvalue weighted by Crippen LogP contribution is -2.16. The van der Waals surface area contributed by atoms with E-state index >= 15 is 0 Å². The summed E-state index contributed by atoms with van der Waals surface area (Å²) in [4.78, 5) is 11.5. The van der Waals surface area contributed by atoms with Crippen LogP contribution in [0.25, 0.3) is 11.1 Å². The first kappa shape index (κ1) is 22.4. The lowest BCUT2D eigenvalue weighted by Gasteiger charge is -2.16. The third-order valence-electron chi connectivity index (χ3n) is 4.81. The summed E-state index contributed by atoms with van der Waals surface area (Å²) in [5.74, 6) is 0.0105. The second kappa shape index (κ2) is 8.43. The zero-order valence-corrected chi connectivity index (χ0v) is 19.1. The number of aryl methyl sites for hydroxylation is 4. The molecule has 0 spiro atoms. The number of anilines is 2. The number of aromatic nitrogens is 1. The quantitative estimate of drug-likeness (QED) is 0.586. The van der Waals surface area contributed by atoms with Gasteiger partial charge in [0.05, 0.1) is 24.1 Å². The number of methoxy groups -OCH3 is 1. The van der Waals surface area contributed by atoms with E-state index in [0.717, 1.165) is 16.7 Å². The predicted octanol–water partition coefficient (Wildman–Crippen LogP) is 4.34. The molecule has 0 atom stereocenters. The summed E-state index contributed by atoms with van der Waals surface area (Å²) in [6.07, 6.45) is 0. The van der Waals surface area contributed by atoms with Crippen LogP contribution in [0, 0.1) is 27.7 Å². The smallest absolute Gasteiger partial charge is 0.265 e. The summed E-state index contributed by atoms with van der Waals surface area (Å²) in [5.41, 5.74) is 4.73. The van der Waals surface area contributed by atoms with Crippen LogP contribution in [0.1, 0.15) is 29.3 Å². The molecule has 2 aromatic carbocycles. The average molecular weight is 444 g/mol. The molecule has 3 rings (SSSR count). The van der Waals surface area contributed by atoms with Crippen LogP contribution < -0.4 is 14.8 Å². The van der Waals surface area contributed by atoms with Gasteiger partial charge in [-0.25, -0.2) is 8.42 Å². The zero-order valence-electron chi connectivity index (χ0n) is 18.3. The number of nitrogens with zero attached hydrogens (tertiary/aromatic N) is 1. The van der Waals surface area contributed by atoms with Gasteiger partial charge in [0, 0.05) is 6.92 Å². The maximum Gasteiger partial charge on any atom is 0.265 e. The van der Waals surface area contributed by atoms with Crippen molar-refractivity contribution in [2.24, 2.45) is 0 Å². The Balaban J connectivity index is 2.12. The summed E-state index contributed by atoms with van der Waals surface area (Å²) in [6.45, 7) is 8.72. The molecule has 164 valence electrons. The molecule has 0 saturated heterocycles. The van der Waals surface area contributed by atoms with Crippen LogP contribution in [0.3, 0.4) is 0 Å². The lowest BCUT2D eigenvalue weighted by atomic mass is 10.1. The minimum atomic E-state index is -3.99. The van der Waals surface area contributed by atoms with Gasteiger partial charge in [-0.15, -0.1) is 0 Å². The van der Waals surface area contributed by atoms with Gasteiger partial charge in [0.15, 0.2) is 0 Å². The number of hydrogen-bond acceptors (Lipinski definition) is 6. The number of carbonyl (C=O) groups excluding carboxylic acids is 1. The fourth-order valence-corrected chi connectivity index (χ4v) is 4.93. The maximum atomic E-state index is 13.3. The molecule has 0 radical (unpaired) electrons. The van der Waals surface area contributed by atoms with Gasteiger partial charge < -0.3 is 9.26 Å². The molecule has 2 N–H and O–H groups in total. The van der Waals surface area contributed by atoms with Crippen LogP contribution in [0.15, 0.2) is 39.8 Å². The molecule has 3 aromatic rings. The number of hydrogen-bond donors (Lipinski definition) is 2. The lowest BCUT2D eigenvalue weighted by molar-refractivity contribution is -0.114. The molecular weight excluding hydrogens is 418 g/mol. The molecule has 0 aliphatic carbocycles. The predicted molar refractivity (Wildman–Crippen MR) is 119 cm³/mol. The SMILES string of the molecule is COc1ccc(-c2c(C)noc2NC(C)=O)cc1S(=O)(=O)Nc1c(C)cc(C)cc1C. The first-order valence-corrected chi connectivity index (χ1v) is 11.0. The monoisotopic (exact) mass is 443 g/mol. The number of sulfonamides is 1. The van der Waals surface area contributed by atoms with E-state index in [1.54, 1.807) is 19.1 Å². The molecule has 0 aliphatic heterocycles. The average Bonchev–Trinajstić information content (AvgIpc) is 3.03. The van der Waals surface area contributed by atoms with E-state index in [1.807, 2.05) is 32.9 Å². The van der Waals surface area contributed by atoms with Crippen LogP contribution in [0.5, 0.6) is 5.75 Å². The van der Waals surface area contributed by atoms with E-state index in [1.165, 1.54) is 20.1 Å². The van der Waals surface area contributed by atoms with Crippen molar-refractivity contribution in [3.63, 3.8) is 0 Å². The number of carbonyl (C=O) groups is 1. The van der Waals surface area contributed by atoms with Crippen molar-refractivity contribution >= 4 is 27.5 Å². The van der Waals surface area contributed by atoms with Crippen LogP contribution in [-0.4, -0.2) is 26.6 Å². The Hall–Kier alpha value is -3.33. The highest BCUT2D eigenvalue weighted by atomic mass is 32.2. The zero-order chi connectivity index (χ0) is 22.9. The van der Waals surface area contributed by atoms with Gasteiger partial charge in [0.1, 0.15) is 10.6 Å². The largest absolute Gasteiger partial charge is 0.495 e. The summed E-state index contributed by atoms with van der Waals surface area (Å²) in [6, 6.07) is 8.55. The van der Waals surface area contributed by atoms with Crippen LogP contribution >= 0.6 is 0 Å². The van der Waals surface area contributed by atoms with Crippen molar-refractivity contribution in [2.45, 2.75) is 39.5 Å². The standard InChI is InChI=1S/C22H25N3O5S/c1-12-9-13(2)21(14(3)10-12)25-31(27,28)19-11-17(7-8-18(19)29-6)20-15(4)24-30-22(20)23-16(5)26/h7-11,25H,1-6H3,(H,23,26). The highest BCUT2D eigenvalue weighted by Crippen LogP contribution is 2.37. The Bertz CT molecular complexity index is 1240. The van der Waals surface area contributed by atoms with E-state index in [0.29, 0.717) is 22.5 Å². The van der Waals surface area contributed by atoms with E-state index in [-0.39, 0.29) is 22.4 Å². The number of nitrogens with one attached hydrogen (secondary N) is 2. The summed E-state index contributed by atoms with van der Waals surface area (Å²) < 4.78 is 39.9. The Morgan fingerprint density at radius 3 is 2.29 bits per heavy atom. The molecule has 0 fully saturated rings. The Morgan fingerprint density at radius 2 is 1.71 bits per heavy atom. The molecule has 8 nitrogen and oxygen atoms in total. The van der Waals surface area contributed by atoms with Crippen molar-refractivity contribution in [2.75, 3.05) is 17.1 Å². The molecule has 0 saturated carbocycles. The summed E-state index contributed by atoms with van der Waals surface area (Å²) in [7, 11) is -2.58. The maximum absolute atomic E-state index is 13.3. The molecule has 0 bridgehead atoms. The normalized spacial score (nSPS) is 11.3. The van der Waals surface area contributed by atoms with Crippen molar-refractivity contribution in [3.05, 3.63) is 52.7 Å². The third kappa shape index (κ3) is 4.56. The molecule has 1 heterocycles. The van der Waals surface area contributed by atoms with Crippen molar-refractivity contribution in [1.82, 2.24) is 5.16 Å². The molecule has 0 aliphatic rings. The van der Waals surface area contributed by atoms with Gasteiger partial charge in [-0.05, 0) is 56.5 Å². The van der Waals surface area contributed by atoms with E-state index in [2.05, 4.69) is 15.2 Å². The first-order chi connectivity index (χ1) is 14.5.